The van der Waals surface area contributed by atoms with Crippen LogP contribution in [0.15, 0.2) is 0 Å². The van der Waals surface area contributed by atoms with E-state index in [0.29, 0.717) is 0 Å². The largest absolute Gasteiger partial charge is 0.460 e. The zero-order chi connectivity index (χ0) is 27.7. The second kappa shape index (κ2) is 7.49. The molecule has 200 valence electrons. The first-order valence-electron chi connectivity index (χ1n) is 6.97. The van der Waals surface area contributed by atoms with Gasteiger partial charge in [-0.1, -0.05) is 0 Å². The molecule has 1 N–H and O–H groups in total. The van der Waals surface area contributed by atoms with Crippen molar-refractivity contribution in [2.75, 3.05) is 7.05 Å². The number of nitrogens with one attached hydrogen (secondary N) is 1. The van der Waals surface area contributed by atoms with Crippen molar-refractivity contribution in [3.05, 3.63) is 0 Å². The lowest BCUT2D eigenvalue weighted by Gasteiger charge is -2.44. The Morgan fingerprint density at radius 2 is 0.485 bits per heavy atom. The highest BCUT2D eigenvalue weighted by Crippen LogP contribution is 2.65. The van der Waals surface area contributed by atoms with E-state index in [9.17, 15) is 92.2 Å². The molecule has 0 spiro atoms. The Bertz CT molecular complexity index is 714. The predicted octanol–water partition coefficient (Wildman–Crippen LogP) is 6.44. The van der Waals surface area contributed by atoms with Gasteiger partial charge < -0.3 is 0 Å². The Morgan fingerprint density at radius 1 is 0.303 bits per heavy atom. The summed E-state index contributed by atoms with van der Waals surface area (Å²) in [4.78, 5) is 0. The maximum Gasteiger partial charge on any atom is 0.460 e. The fourth-order valence-electron chi connectivity index (χ4n) is 1.72. The van der Waals surface area contributed by atoms with Crippen LogP contribution in [0.3, 0.4) is 0 Å². The minimum atomic E-state index is -9.14. The van der Waals surface area contributed by atoms with Crippen molar-refractivity contribution < 1.29 is 92.2 Å². The Labute approximate surface area is 165 Å². The van der Waals surface area contributed by atoms with Gasteiger partial charge in [-0.2, -0.15) is 92.2 Å². The molecule has 0 fully saturated rings. The van der Waals surface area contributed by atoms with Crippen LogP contribution in [0.25, 0.3) is 0 Å². The summed E-state index contributed by atoms with van der Waals surface area (Å²) in [7, 11) is -0.442. The van der Waals surface area contributed by atoms with Crippen molar-refractivity contribution in [1.29, 1.82) is 0 Å². The SMILES string of the molecule is CNC(F)(F)C(F)(F)C(F)(F)C(F)(F)C(F)(F)C(F)(F)C(F)(F)C(F)(F)C(F)(F)C(F)(F)F. The van der Waals surface area contributed by atoms with Gasteiger partial charge >= 0.3 is 59.6 Å². The van der Waals surface area contributed by atoms with Gasteiger partial charge in [0, 0.05) is 0 Å². The van der Waals surface area contributed by atoms with E-state index in [1.165, 1.54) is 0 Å². The molecule has 0 heterocycles. The molecule has 0 bridgehead atoms. The maximum absolute atomic E-state index is 13.3. The van der Waals surface area contributed by atoms with E-state index in [-0.39, 0.29) is 5.32 Å². The van der Waals surface area contributed by atoms with Gasteiger partial charge in [0.05, 0.1) is 0 Å². The standard InChI is InChI=1S/C11H4F21N/c1-33-11(31,32)9(26,27)7(22,23)5(18,19)3(14,15)2(12,13)4(16,17)6(20,21)8(24,25)10(28,29)30/h33H,1H3. The number of halogens is 21. The van der Waals surface area contributed by atoms with Crippen LogP contribution in [0.1, 0.15) is 0 Å². The van der Waals surface area contributed by atoms with Gasteiger partial charge in [0.15, 0.2) is 0 Å². The van der Waals surface area contributed by atoms with Crippen molar-refractivity contribution in [1.82, 2.24) is 5.32 Å². The molecule has 0 unspecified atom stereocenters. The second-order valence-corrected chi connectivity index (χ2v) is 5.92. The molecule has 0 rings (SSSR count). The molecule has 0 saturated carbocycles. The second-order valence-electron chi connectivity index (χ2n) is 5.92. The molecular weight excluding hydrogens is 545 g/mol. The van der Waals surface area contributed by atoms with Gasteiger partial charge in [-0.25, -0.2) is 0 Å². The molecule has 1 nitrogen and oxygen atoms in total. The summed E-state index contributed by atoms with van der Waals surface area (Å²) in [6, 6.07) is -6.74. The Hall–Kier alpha value is -1.51. The van der Waals surface area contributed by atoms with Gasteiger partial charge in [0.2, 0.25) is 0 Å². The van der Waals surface area contributed by atoms with Crippen LogP contribution < -0.4 is 5.32 Å². The normalized spacial score (nSPS) is 16.9. The van der Waals surface area contributed by atoms with Gasteiger partial charge in [-0.15, -0.1) is 0 Å². The number of rotatable bonds is 9. The molecule has 0 aromatic rings. The fourth-order valence-corrected chi connectivity index (χ4v) is 1.72. The van der Waals surface area contributed by atoms with E-state index in [2.05, 4.69) is 0 Å². The first-order chi connectivity index (χ1) is 13.8. The molecule has 0 aromatic carbocycles. The summed E-state index contributed by atoms with van der Waals surface area (Å²) in [5, 5.41) is -0.180. The minimum absolute atomic E-state index is 0.180. The smallest absolute Gasteiger partial charge is 0.256 e. The lowest BCUT2D eigenvalue weighted by atomic mass is 9.87. The monoisotopic (exact) mass is 549 g/mol. The molecule has 0 atom stereocenters. The van der Waals surface area contributed by atoms with Crippen LogP contribution in [0.2, 0.25) is 0 Å². The van der Waals surface area contributed by atoms with Gasteiger partial charge in [0.1, 0.15) is 0 Å². The van der Waals surface area contributed by atoms with E-state index < -0.39 is 66.7 Å². The highest BCUT2D eigenvalue weighted by molar-refractivity contribution is 5.17. The van der Waals surface area contributed by atoms with E-state index in [0.717, 1.165) is 0 Å². The summed E-state index contributed by atoms with van der Waals surface area (Å²) >= 11 is 0. The minimum Gasteiger partial charge on any atom is -0.256 e. The highest BCUT2D eigenvalue weighted by Gasteiger charge is 2.97. The summed E-state index contributed by atoms with van der Waals surface area (Å²) in [6.45, 7) is 0. The average molecular weight is 549 g/mol. The summed E-state index contributed by atoms with van der Waals surface area (Å²) in [5.41, 5.74) is 0. The van der Waals surface area contributed by atoms with Crippen molar-refractivity contribution >= 4 is 0 Å². The molecule has 0 saturated heterocycles. The van der Waals surface area contributed by atoms with E-state index in [4.69, 9.17) is 0 Å². The Morgan fingerprint density at radius 3 is 0.667 bits per heavy atom. The third kappa shape index (κ3) is 3.64. The lowest BCUT2D eigenvalue weighted by Crippen LogP contribution is -2.77. The Balaban J connectivity index is 7.03. The van der Waals surface area contributed by atoms with Crippen LogP contribution in [0.4, 0.5) is 92.2 Å². The summed E-state index contributed by atoms with van der Waals surface area (Å²) in [5.74, 6) is -70.0. The predicted molar refractivity (Wildman–Crippen MR) is 59.6 cm³/mol. The van der Waals surface area contributed by atoms with Crippen molar-refractivity contribution in [3.63, 3.8) is 0 Å². The number of alkyl halides is 21. The van der Waals surface area contributed by atoms with Crippen molar-refractivity contribution in [3.8, 4) is 0 Å². The Kier molecular flexibility index (Phi) is 7.15. The first-order valence-corrected chi connectivity index (χ1v) is 6.97. The molecule has 22 heteroatoms. The molecule has 0 aliphatic rings. The van der Waals surface area contributed by atoms with E-state index in [1.807, 2.05) is 0 Å². The van der Waals surface area contributed by atoms with E-state index >= 15 is 0 Å². The molecule has 0 aliphatic heterocycles. The number of hydrogen-bond acceptors (Lipinski definition) is 1. The van der Waals surface area contributed by atoms with Crippen molar-refractivity contribution in [2.45, 2.75) is 59.6 Å². The molecule has 0 amide bonds. The topological polar surface area (TPSA) is 12.0 Å². The third-order valence-corrected chi connectivity index (χ3v) is 3.82. The quantitative estimate of drug-likeness (QED) is 0.258. The lowest BCUT2D eigenvalue weighted by molar-refractivity contribution is -0.474. The molecule has 33 heavy (non-hydrogen) atoms. The molecule has 0 radical (unpaired) electrons. The van der Waals surface area contributed by atoms with Crippen LogP contribution in [0.5, 0.6) is 0 Å². The van der Waals surface area contributed by atoms with Crippen LogP contribution in [0, 0.1) is 0 Å². The molecule has 0 aliphatic carbocycles. The average Bonchev–Trinajstić information content (AvgIpc) is 2.59. The molecular formula is C11H4F21N. The third-order valence-electron chi connectivity index (χ3n) is 3.82. The first kappa shape index (κ1) is 31.5. The van der Waals surface area contributed by atoms with Gasteiger partial charge in [-0.3, -0.25) is 5.32 Å². The van der Waals surface area contributed by atoms with Gasteiger partial charge in [-0.05, 0) is 7.05 Å². The van der Waals surface area contributed by atoms with E-state index in [1.54, 1.807) is 0 Å². The zero-order valence-corrected chi connectivity index (χ0v) is 14.4. The number of hydrogen-bond donors (Lipinski definition) is 1. The fraction of sp³-hybridized carbons (Fsp3) is 1.00. The zero-order valence-electron chi connectivity index (χ0n) is 14.4. The maximum atomic E-state index is 13.3. The molecule has 0 aromatic heterocycles. The van der Waals surface area contributed by atoms with Crippen molar-refractivity contribution in [2.24, 2.45) is 0 Å². The van der Waals surface area contributed by atoms with Crippen LogP contribution in [-0.2, 0) is 0 Å². The van der Waals surface area contributed by atoms with Crippen LogP contribution >= 0.6 is 0 Å². The van der Waals surface area contributed by atoms with Crippen LogP contribution in [-0.4, -0.2) is 66.7 Å². The van der Waals surface area contributed by atoms with Gasteiger partial charge in [0.25, 0.3) is 0 Å². The highest BCUT2D eigenvalue weighted by atomic mass is 19.4. The summed E-state index contributed by atoms with van der Waals surface area (Å²) in [6.07, 6.45) is -7.99. The summed E-state index contributed by atoms with van der Waals surface area (Å²) < 4.78 is 270.